The van der Waals surface area contributed by atoms with Gasteiger partial charge < -0.3 is 9.64 Å². The molecule has 1 aliphatic heterocycles. The van der Waals surface area contributed by atoms with Crippen molar-refractivity contribution in [2.45, 2.75) is 26.4 Å². The Kier molecular flexibility index (Phi) is 3.75. The minimum Gasteiger partial charge on any atom is -0.489 e. The van der Waals surface area contributed by atoms with Gasteiger partial charge in [0.25, 0.3) is 0 Å². The second-order valence-corrected chi connectivity index (χ2v) is 4.85. The minimum absolute atomic E-state index is 0.0506. The Balaban J connectivity index is 2.35. The molecule has 0 aromatic heterocycles. The first-order valence-corrected chi connectivity index (χ1v) is 6.24. The number of benzene rings is 1. The number of halogens is 1. The topological polar surface area (TPSA) is 29.5 Å². The fourth-order valence-electron chi connectivity index (χ4n) is 2.11. The second kappa shape index (κ2) is 5.31. The maximum absolute atomic E-state index is 13.4. The summed E-state index contributed by atoms with van der Waals surface area (Å²) in [5, 5.41) is 0. The lowest BCUT2D eigenvalue weighted by atomic mass is 10.1. The highest BCUT2D eigenvalue weighted by Crippen LogP contribution is 2.34. The molecule has 1 heterocycles. The van der Waals surface area contributed by atoms with E-state index in [0.717, 1.165) is 0 Å². The fourth-order valence-corrected chi connectivity index (χ4v) is 2.11. The van der Waals surface area contributed by atoms with Crippen LogP contribution in [-0.2, 0) is 4.79 Å². The molecular formula is C15H16FNO2. The number of carbonyl (C=O) groups excluding carboxylic acids is 1. The Hall–Kier alpha value is -2.02. The third kappa shape index (κ3) is 2.87. The number of ether oxygens (including phenoxy) is 1. The standard InChI is InChI=1S/C15H16FNO2/c1-4-11-7-15(18)17(9-11)13-8-12(16)5-6-14(13)19-10(2)3/h1,5-6,8,10-11H,7,9H2,2-3H3. The second-order valence-electron chi connectivity index (χ2n) is 4.85. The van der Waals surface area contributed by atoms with Crippen molar-refractivity contribution >= 4 is 11.6 Å². The average molecular weight is 261 g/mol. The van der Waals surface area contributed by atoms with Gasteiger partial charge in [-0.1, -0.05) is 0 Å². The van der Waals surface area contributed by atoms with E-state index in [-0.39, 0.29) is 17.9 Å². The van der Waals surface area contributed by atoms with Crippen molar-refractivity contribution < 1.29 is 13.9 Å². The molecule has 1 saturated heterocycles. The molecule has 100 valence electrons. The smallest absolute Gasteiger partial charge is 0.228 e. The monoisotopic (exact) mass is 261 g/mol. The zero-order valence-electron chi connectivity index (χ0n) is 11.0. The van der Waals surface area contributed by atoms with Crippen molar-refractivity contribution in [1.29, 1.82) is 0 Å². The lowest BCUT2D eigenvalue weighted by molar-refractivity contribution is -0.117. The van der Waals surface area contributed by atoms with Gasteiger partial charge in [-0.15, -0.1) is 12.3 Å². The van der Waals surface area contributed by atoms with E-state index in [9.17, 15) is 9.18 Å². The summed E-state index contributed by atoms with van der Waals surface area (Å²) >= 11 is 0. The summed E-state index contributed by atoms with van der Waals surface area (Å²) in [7, 11) is 0. The SMILES string of the molecule is C#CC1CC(=O)N(c2cc(F)ccc2OC(C)C)C1. The molecule has 1 unspecified atom stereocenters. The average Bonchev–Trinajstić information content (AvgIpc) is 2.72. The predicted octanol–water partition coefficient (Wildman–Crippen LogP) is 2.60. The van der Waals surface area contributed by atoms with Gasteiger partial charge in [-0.25, -0.2) is 4.39 Å². The molecule has 0 N–H and O–H groups in total. The maximum atomic E-state index is 13.4. The van der Waals surface area contributed by atoms with Gasteiger partial charge in [0.2, 0.25) is 5.91 Å². The molecule has 1 fully saturated rings. The Morgan fingerprint density at radius 1 is 1.53 bits per heavy atom. The van der Waals surface area contributed by atoms with Crippen LogP contribution >= 0.6 is 0 Å². The number of anilines is 1. The highest BCUT2D eigenvalue weighted by molar-refractivity contribution is 5.97. The molecule has 3 nitrogen and oxygen atoms in total. The van der Waals surface area contributed by atoms with Crippen molar-refractivity contribution in [1.82, 2.24) is 0 Å². The minimum atomic E-state index is -0.400. The molecule has 19 heavy (non-hydrogen) atoms. The summed E-state index contributed by atoms with van der Waals surface area (Å²) in [4.78, 5) is 13.5. The molecule has 0 radical (unpaired) electrons. The van der Waals surface area contributed by atoms with E-state index in [4.69, 9.17) is 11.2 Å². The summed E-state index contributed by atoms with van der Waals surface area (Å²) in [6.07, 6.45) is 5.60. The Labute approximate surface area is 112 Å². The van der Waals surface area contributed by atoms with Gasteiger partial charge in [0.15, 0.2) is 0 Å². The molecule has 1 amide bonds. The first kappa shape index (κ1) is 13.4. The van der Waals surface area contributed by atoms with Crippen LogP contribution in [0.1, 0.15) is 20.3 Å². The van der Waals surface area contributed by atoms with E-state index in [1.54, 1.807) is 6.07 Å². The normalized spacial score (nSPS) is 18.8. The third-order valence-corrected chi connectivity index (χ3v) is 2.94. The van der Waals surface area contributed by atoms with Crippen LogP contribution in [0, 0.1) is 24.1 Å². The zero-order chi connectivity index (χ0) is 14.0. The van der Waals surface area contributed by atoms with Gasteiger partial charge >= 0.3 is 0 Å². The summed E-state index contributed by atoms with van der Waals surface area (Å²) < 4.78 is 19.0. The highest BCUT2D eigenvalue weighted by Gasteiger charge is 2.31. The molecule has 0 bridgehead atoms. The quantitative estimate of drug-likeness (QED) is 0.783. The van der Waals surface area contributed by atoms with Gasteiger partial charge in [-0.05, 0) is 26.0 Å². The molecule has 0 spiro atoms. The van der Waals surface area contributed by atoms with E-state index in [1.165, 1.54) is 17.0 Å². The maximum Gasteiger partial charge on any atom is 0.228 e. The van der Waals surface area contributed by atoms with Crippen LogP contribution in [0.3, 0.4) is 0 Å². The lowest BCUT2D eigenvalue weighted by Gasteiger charge is -2.21. The van der Waals surface area contributed by atoms with Crippen LogP contribution in [0.2, 0.25) is 0 Å². The molecule has 0 aliphatic carbocycles. The molecule has 4 heteroatoms. The number of hydrogen-bond donors (Lipinski definition) is 0. The van der Waals surface area contributed by atoms with Crippen molar-refractivity contribution in [2.75, 3.05) is 11.4 Å². The number of carbonyl (C=O) groups is 1. The van der Waals surface area contributed by atoms with Crippen LogP contribution < -0.4 is 9.64 Å². The van der Waals surface area contributed by atoms with E-state index in [2.05, 4.69) is 5.92 Å². The van der Waals surface area contributed by atoms with Gasteiger partial charge in [-0.3, -0.25) is 4.79 Å². The largest absolute Gasteiger partial charge is 0.489 e. The highest BCUT2D eigenvalue weighted by atomic mass is 19.1. The summed E-state index contributed by atoms with van der Waals surface area (Å²) in [6.45, 7) is 4.17. The predicted molar refractivity (Wildman–Crippen MR) is 71.5 cm³/mol. The Morgan fingerprint density at radius 2 is 2.26 bits per heavy atom. The Bertz CT molecular complexity index is 533. The van der Waals surface area contributed by atoms with E-state index in [1.807, 2.05) is 13.8 Å². The van der Waals surface area contributed by atoms with Crippen LogP contribution in [0.15, 0.2) is 18.2 Å². The van der Waals surface area contributed by atoms with Crippen LogP contribution in [0.25, 0.3) is 0 Å². The molecule has 1 aromatic carbocycles. The number of terminal acetylenes is 1. The summed E-state index contributed by atoms with van der Waals surface area (Å²) in [5.74, 6) is 2.46. The van der Waals surface area contributed by atoms with Gasteiger partial charge in [0, 0.05) is 24.9 Å². The van der Waals surface area contributed by atoms with Crippen molar-refractivity contribution in [3.63, 3.8) is 0 Å². The number of rotatable bonds is 3. The summed E-state index contributed by atoms with van der Waals surface area (Å²) in [5.41, 5.74) is 0.455. The number of nitrogens with zero attached hydrogens (tertiary/aromatic N) is 1. The first-order chi connectivity index (χ1) is 9.01. The van der Waals surface area contributed by atoms with Crippen LogP contribution in [0.4, 0.5) is 10.1 Å². The first-order valence-electron chi connectivity index (χ1n) is 6.24. The van der Waals surface area contributed by atoms with E-state index >= 15 is 0 Å². The van der Waals surface area contributed by atoms with Gasteiger partial charge in [0.05, 0.1) is 11.8 Å². The van der Waals surface area contributed by atoms with Crippen LogP contribution in [-0.4, -0.2) is 18.6 Å². The number of amides is 1. The molecule has 2 rings (SSSR count). The fraction of sp³-hybridized carbons (Fsp3) is 0.400. The van der Waals surface area contributed by atoms with Crippen molar-refractivity contribution in [2.24, 2.45) is 5.92 Å². The summed E-state index contributed by atoms with van der Waals surface area (Å²) in [6, 6.07) is 4.18. The third-order valence-electron chi connectivity index (χ3n) is 2.94. The van der Waals surface area contributed by atoms with E-state index in [0.29, 0.717) is 24.4 Å². The van der Waals surface area contributed by atoms with Gasteiger partial charge in [0.1, 0.15) is 11.6 Å². The number of hydrogen-bond acceptors (Lipinski definition) is 2. The molecule has 1 atom stereocenters. The molecular weight excluding hydrogens is 245 g/mol. The molecule has 1 aromatic rings. The van der Waals surface area contributed by atoms with Gasteiger partial charge in [-0.2, -0.15) is 0 Å². The Morgan fingerprint density at radius 3 is 2.84 bits per heavy atom. The van der Waals surface area contributed by atoms with Crippen molar-refractivity contribution in [3.8, 4) is 18.1 Å². The van der Waals surface area contributed by atoms with Crippen molar-refractivity contribution in [3.05, 3.63) is 24.0 Å². The lowest BCUT2D eigenvalue weighted by Crippen LogP contribution is -2.25. The molecule has 0 saturated carbocycles. The van der Waals surface area contributed by atoms with E-state index < -0.39 is 5.82 Å². The van der Waals surface area contributed by atoms with Crippen LogP contribution in [0.5, 0.6) is 5.75 Å². The zero-order valence-corrected chi connectivity index (χ0v) is 11.0. The molecule has 1 aliphatic rings.